The summed E-state index contributed by atoms with van der Waals surface area (Å²) in [4.78, 5) is 0. The number of unbranched alkanes of at least 4 members (excludes halogenated alkanes) is 4. The van der Waals surface area contributed by atoms with Crippen molar-refractivity contribution in [2.75, 3.05) is 0 Å². The van der Waals surface area contributed by atoms with E-state index in [0.29, 0.717) is 0 Å². The minimum absolute atomic E-state index is 0.0427. The second-order valence-corrected chi connectivity index (χ2v) is 12.4. The summed E-state index contributed by atoms with van der Waals surface area (Å²) in [5.41, 5.74) is 7.03. The van der Waals surface area contributed by atoms with E-state index in [9.17, 15) is 0 Å². The number of nitrogens with two attached hydrogens (primary N) is 1. The van der Waals surface area contributed by atoms with Gasteiger partial charge in [0.1, 0.15) is 0 Å². The van der Waals surface area contributed by atoms with Gasteiger partial charge in [0.25, 0.3) is 0 Å². The van der Waals surface area contributed by atoms with E-state index in [1.54, 1.807) is 0 Å². The molecule has 4 unspecified atom stereocenters. The number of ether oxygens (including phenoxy) is 2. The fourth-order valence-corrected chi connectivity index (χ4v) is 6.27. The first-order valence-electron chi connectivity index (χ1n) is 12.5. The molecular formula is C23H53NO4Si2. The summed E-state index contributed by atoms with van der Waals surface area (Å²) in [6.45, 7) is 17.1. The van der Waals surface area contributed by atoms with E-state index >= 15 is 0 Å². The first-order chi connectivity index (χ1) is 14.2. The summed E-state index contributed by atoms with van der Waals surface area (Å²) in [6, 6.07) is -0.145. The van der Waals surface area contributed by atoms with Gasteiger partial charge in [0.2, 0.25) is 0 Å². The van der Waals surface area contributed by atoms with Gasteiger partial charge in [0, 0.05) is 12.2 Å². The molecule has 0 aromatic carbocycles. The van der Waals surface area contributed by atoms with Crippen LogP contribution in [0, 0.1) is 0 Å². The molecule has 0 rings (SSSR count). The zero-order chi connectivity index (χ0) is 22.9. The maximum Gasteiger partial charge on any atom is 0.190 e. The molecule has 0 fully saturated rings. The van der Waals surface area contributed by atoms with Crippen LogP contribution in [0.15, 0.2) is 0 Å². The first-order valence-corrected chi connectivity index (χ1v) is 15.3. The molecule has 0 aliphatic rings. The lowest BCUT2D eigenvalue weighted by molar-refractivity contribution is -0.0491. The summed E-state index contributed by atoms with van der Waals surface area (Å²) in [7, 11) is -1.47. The topological polar surface area (TPSA) is 62.9 Å². The Morgan fingerprint density at radius 2 is 1.00 bits per heavy atom. The predicted molar refractivity (Wildman–Crippen MR) is 134 cm³/mol. The molecule has 7 heteroatoms. The van der Waals surface area contributed by atoms with Crippen molar-refractivity contribution in [3.05, 3.63) is 0 Å². The van der Waals surface area contributed by atoms with Crippen LogP contribution in [0.25, 0.3) is 0 Å². The van der Waals surface area contributed by atoms with Crippen LogP contribution in [0.3, 0.4) is 0 Å². The van der Waals surface area contributed by atoms with Gasteiger partial charge in [-0.15, -0.1) is 0 Å². The third-order valence-electron chi connectivity index (χ3n) is 5.39. The molecule has 30 heavy (non-hydrogen) atoms. The van der Waals surface area contributed by atoms with Crippen LogP contribution < -0.4 is 5.73 Å². The summed E-state index contributed by atoms with van der Waals surface area (Å²) >= 11 is 0. The maximum absolute atomic E-state index is 6.58. The minimum Gasteiger partial charge on any atom is -0.419 e. The second-order valence-electron chi connectivity index (χ2n) is 9.26. The molecule has 0 spiro atoms. The lowest BCUT2D eigenvalue weighted by atomic mass is 10.1. The van der Waals surface area contributed by atoms with Crippen LogP contribution >= 0.6 is 0 Å². The largest absolute Gasteiger partial charge is 0.419 e. The van der Waals surface area contributed by atoms with Gasteiger partial charge in [0.15, 0.2) is 19.5 Å². The van der Waals surface area contributed by atoms with Crippen LogP contribution in [-0.2, 0) is 18.3 Å². The molecule has 0 bridgehead atoms. The molecule has 0 amide bonds. The van der Waals surface area contributed by atoms with Gasteiger partial charge >= 0.3 is 0 Å². The summed E-state index contributed by atoms with van der Waals surface area (Å²) in [6.07, 6.45) is 9.94. The third kappa shape index (κ3) is 15.9. The van der Waals surface area contributed by atoms with E-state index in [1.165, 1.54) is 38.5 Å². The van der Waals surface area contributed by atoms with Crippen molar-refractivity contribution in [3.63, 3.8) is 0 Å². The van der Waals surface area contributed by atoms with Gasteiger partial charge in [-0.1, -0.05) is 52.4 Å². The van der Waals surface area contributed by atoms with Crippen LogP contribution in [0.5, 0.6) is 0 Å². The Hall–Kier alpha value is 0.234. The first kappa shape index (κ1) is 30.2. The molecule has 0 aliphatic heterocycles. The molecule has 0 saturated carbocycles. The summed E-state index contributed by atoms with van der Waals surface area (Å²) in [5.74, 6) is 0. The van der Waals surface area contributed by atoms with Crippen molar-refractivity contribution in [3.8, 4) is 0 Å². The lowest BCUT2D eigenvalue weighted by Gasteiger charge is -2.32. The Morgan fingerprint density at radius 1 is 0.633 bits per heavy atom. The molecule has 182 valence electrons. The lowest BCUT2D eigenvalue weighted by Crippen LogP contribution is -2.48. The van der Waals surface area contributed by atoms with Crippen LogP contribution in [0.2, 0.25) is 0 Å². The highest BCUT2D eigenvalue weighted by molar-refractivity contribution is 6.29. The van der Waals surface area contributed by atoms with Crippen molar-refractivity contribution in [2.45, 2.75) is 149 Å². The van der Waals surface area contributed by atoms with Gasteiger partial charge < -0.3 is 24.1 Å². The second kappa shape index (κ2) is 18.8. The Kier molecular flexibility index (Phi) is 18.9. The van der Waals surface area contributed by atoms with Gasteiger partial charge in [-0.05, 0) is 54.4 Å². The van der Waals surface area contributed by atoms with Gasteiger partial charge in [0.05, 0.1) is 29.7 Å². The van der Waals surface area contributed by atoms with Crippen LogP contribution in [-0.4, -0.2) is 61.4 Å². The Balaban J connectivity index is 4.73. The molecule has 5 nitrogen and oxygen atoms in total. The van der Waals surface area contributed by atoms with Crippen LogP contribution in [0.4, 0.5) is 0 Å². The molecule has 0 heterocycles. The average Bonchev–Trinajstić information content (AvgIpc) is 2.69. The predicted octanol–water partition coefficient (Wildman–Crippen LogP) is 3.95. The Morgan fingerprint density at radius 3 is 1.30 bits per heavy atom. The van der Waals surface area contributed by atoms with Crippen molar-refractivity contribution >= 4 is 19.5 Å². The average molecular weight is 464 g/mol. The van der Waals surface area contributed by atoms with E-state index in [0.717, 1.165) is 12.8 Å². The monoisotopic (exact) mass is 463 g/mol. The zero-order valence-corrected chi connectivity index (χ0v) is 24.2. The van der Waals surface area contributed by atoms with E-state index in [4.69, 9.17) is 24.1 Å². The molecule has 0 aromatic rings. The van der Waals surface area contributed by atoms with Crippen molar-refractivity contribution in [1.29, 1.82) is 0 Å². The summed E-state index contributed by atoms with van der Waals surface area (Å²) < 4.78 is 24.8. The molecule has 2 N–H and O–H groups in total. The normalized spacial score (nSPS) is 18.1. The minimum atomic E-state index is -0.734. The van der Waals surface area contributed by atoms with E-state index in [1.807, 2.05) is 0 Å². The molecular weight excluding hydrogens is 410 g/mol. The highest BCUT2D eigenvalue weighted by Gasteiger charge is 2.27. The number of hydrogen-bond donors (Lipinski definition) is 1. The Labute approximate surface area is 192 Å². The molecule has 4 atom stereocenters. The summed E-state index contributed by atoms with van der Waals surface area (Å²) in [5, 5.41) is 0. The quantitative estimate of drug-likeness (QED) is 0.219. The number of rotatable bonds is 20. The maximum atomic E-state index is 6.58. The standard InChI is InChI=1S/C23H53NO4Si2/c1-9-11-13-15-21(29-27-17(3)4)25-19(7)23(24)20(8)26-22(16-14-12-10-2)30-28-18(5)6/h17-23H,9-16,24,29-30H2,1-8H3. The van der Waals surface area contributed by atoms with Gasteiger partial charge in [-0.3, -0.25) is 0 Å². The highest BCUT2D eigenvalue weighted by atomic mass is 28.2. The SMILES string of the molecule is CCCCCC(OC(C)C(N)C(C)OC(CCCCC)[SiH2]OC(C)C)[SiH2]OC(C)C. The fraction of sp³-hybridized carbons (Fsp3) is 1.00. The van der Waals surface area contributed by atoms with Crippen molar-refractivity contribution in [2.24, 2.45) is 5.73 Å². The Bertz CT molecular complexity index is 354. The molecule has 0 aliphatic carbocycles. The fourth-order valence-electron chi connectivity index (χ4n) is 3.40. The van der Waals surface area contributed by atoms with E-state index in [-0.39, 0.29) is 41.9 Å². The zero-order valence-electron chi connectivity index (χ0n) is 21.3. The van der Waals surface area contributed by atoms with Gasteiger partial charge in [-0.2, -0.15) is 0 Å². The molecule has 0 aromatic heterocycles. The molecule has 0 radical (unpaired) electrons. The van der Waals surface area contributed by atoms with Crippen LogP contribution in [0.1, 0.15) is 107 Å². The number of hydrogen-bond acceptors (Lipinski definition) is 5. The van der Waals surface area contributed by atoms with Gasteiger partial charge in [-0.25, -0.2) is 0 Å². The van der Waals surface area contributed by atoms with Crippen molar-refractivity contribution < 1.29 is 18.3 Å². The van der Waals surface area contributed by atoms with E-state index < -0.39 is 19.5 Å². The van der Waals surface area contributed by atoms with E-state index in [2.05, 4.69) is 55.4 Å². The highest BCUT2D eigenvalue weighted by Crippen LogP contribution is 2.16. The third-order valence-corrected chi connectivity index (χ3v) is 9.05. The van der Waals surface area contributed by atoms with Crippen molar-refractivity contribution in [1.82, 2.24) is 0 Å². The molecule has 0 saturated heterocycles. The smallest absolute Gasteiger partial charge is 0.190 e.